The lowest BCUT2D eigenvalue weighted by Gasteiger charge is -2.13. The van der Waals surface area contributed by atoms with Crippen molar-refractivity contribution in [2.24, 2.45) is 0 Å². The second-order valence-electron chi connectivity index (χ2n) is 5.11. The Morgan fingerprint density at radius 2 is 1.64 bits per heavy atom. The van der Waals surface area contributed by atoms with Crippen LogP contribution in [0.15, 0.2) is 36.5 Å². The predicted molar refractivity (Wildman–Crippen MR) is 104 cm³/mol. The van der Waals surface area contributed by atoms with Crippen molar-refractivity contribution in [3.63, 3.8) is 0 Å². The Bertz CT molecular complexity index is 960. The first-order valence-corrected chi connectivity index (χ1v) is 8.61. The molecule has 0 N–H and O–H groups in total. The third-order valence-corrected chi connectivity index (χ3v) is 5.15. The molecule has 7 heteroatoms. The van der Waals surface area contributed by atoms with Gasteiger partial charge >= 0.3 is 0 Å². The molecular formula is C18H11Cl4N2O. The number of aromatic nitrogens is 2. The highest BCUT2D eigenvalue weighted by Gasteiger charge is 2.17. The standard InChI is InChI=1S/C18H11Cl4N2O/c1-9-13(19)8-14(24-18(9)25-2)12-5-3-4-10(15(12)20)11-6-7-23-17(22)16(11)21/h3-8H,1H2,2H3. The summed E-state index contributed by atoms with van der Waals surface area (Å²) in [6.07, 6.45) is 1.57. The summed E-state index contributed by atoms with van der Waals surface area (Å²) in [5.41, 5.74) is 3.16. The molecule has 0 atom stereocenters. The Balaban J connectivity index is 2.21. The van der Waals surface area contributed by atoms with Gasteiger partial charge in [-0.25, -0.2) is 9.97 Å². The van der Waals surface area contributed by atoms with Crippen LogP contribution in [0.3, 0.4) is 0 Å². The quantitative estimate of drug-likeness (QED) is 0.453. The van der Waals surface area contributed by atoms with Crippen LogP contribution in [-0.2, 0) is 0 Å². The zero-order chi connectivity index (χ0) is 18.1. The van der Waals surface area contributed by atoms with Gasteiger partial charge in [0.15, 0.2) is 0 Å². The van der Waals surface area contributed by atoms with E-state index in [0.717, 1.165) is 0 Å². The van der Waals surface area contributed by atoms with Crippen molar-refractivity contribution in [1.82, 2.24) is 9.97 Å². The molecule has 0 bridgehead atoms. The second-order valence-corrected chi connectivity index (χ2v) is 6.63. The maximum absolute atomic E-state index is 6.63. The molecule has 0 fully saturated rings. The minimum atomic E-state index is 0.213. The number of ether oxygens (including phenoxy) is 1. The van der Waals surface area contributed by atoms with Crippen LogP contribution in [0.4, 0.5) is 0 Å². The van der Waals surface area contributed by atoms with Gasteiger partial charge in [0.05, 0.1) is 27.9 Å². The SMILES string of the molecule is [CH2]c1c(Cl)cc(-c2cccc(-c3ccnc(Cl)c3Cl)c2Cl)nc1OC. The van der Waals surface area contributed by atoms with Gasteiger partial charge in [0.2, 0.25) is 5.88 Å². The second kappa shape index (κ2) is 7.38. The topological polar surface area (TPSA) is 35.0 Å². The van der Waals surface area contributed by atoms with Crippen molar-refractivity contribution >= 4 is 46.4 Å². The van der Waals surface area contributed by atoms with Gasteiger partial charge in [-0.1, -0.05) is 64.6 Å². The highest BCUT2D eigenvalue weighted by Crippen LogP contribution is 2.41. The molecule has 0 aliphatic carbocycles. The molecule has 1 radical (unpaired) electrons. The van der Waals surface area contributed by atoms with Crippen LogP contribution in [-0.4, -0.2) is 17.1 Å². The summed E-state index contributed by atoms with van der Waals surface area (Å²) in [7, 11) is 1.51. The van der Waals surface area contributed by atoms with E-state index in [-0.39, 0.29) is 5.15 Å². The van der Waals surface area contributed by atoms with Gasteiger partial charge in [0.25, 0.3) is 0 Å². The number of halogens is 4. The average Bonchev–Trinajstić information content (AvgIpc) is 2.60. The van der Waals surface area contributed by atoms with Gasteiger partial charge < -0.3 is 4.74 Å². The normalized spacial score (nSPS) is 10.8. The highest BCUT2D eigenvalue weighted by atomic mass is 35.5. The van der Waals surface area contributed by atoms with Crippen LogP contribution in [0.25, 0.3) is 22.4 Å². The van der Waals surface area contributed by atoms with Crippen LogP contribution < -0.4 is 4.74 Å². The lowest BCUT2D eigenvalue weighted by Crippen LogP contribution is -1.95. The van der Waals surface area contributed by atoms with Gasteiger partial charge in [-0.05, 0) is 19.1 Å². The average molecular weight is 413 g/mol. The van der Waals surface area contributed by atoms with Crippen molar-refractivity contribution in [2.45, 2.75) is 0 Å². The number of hydrogen-bond acceptors (Lipinski definition) is 3. The Morgan fingerprint density at radius 3 is 2.36 bits per heavy atom. The minimum Gasteiger partial charge on any atom is -0.481 e. The molecule has 0 spiro atoms. The molecule has 2 heterocycles. The molecule has 1 aromatic carbocycles. The molecule has 25 heavy (non-hydrogen) atoms. The van der Waals surface area contributed by atoms with E-state index in [1.165, 1.54) is 7.11 Å². The van der Waals surface area contributed by atoms with E-state index in [1.807, 2.05) is 18.2 Å². The first-order valence-electron chi connectivity index (χ1n) is 7.09. The Morgan fingerprint density at radius 1 is 0.960 bits per heavy atom. The monoisotopic (exact) mass is 411 g/mol. The van der Waals surface area contributed by atoms with Crippen LogP contribution in [0.5, 0.6) is 5.88 Å². The molecule has 2 aromatic heterocycles. The van der Waals surface area contributed by atoms with E-state index < -0.39 is 0 Å². The number of methoxy groups -OCH3 is 1. The van der Waals surface area contributed by atoms with E-state index in [4.69, 9.17) is 51.1 Å². The van der Waals surface area contributed by atoms with Crippen LogP contribution in [0.2, 0.25) is 20.2 Å². The van der Waals surface area contributed by atoms with E-state index in [2.05, 4.69) is 16.9 Å². The van der Waals surface area contributed by atoms with E-state index in [9.17, 15) is 0 Å². The van der Waals surface area contributed by atoms with E-state index in [1.54, 1.807) is 18.3 Å². The molecule has 127 valence electrons. The summed E-state index contributed by atoms with van der Waals surface area (Å²) in [6, 6.07) is 8.97. The Hall–Kier alpha value is -1.52. The molecule has 0 amide bonds. The summed E-state index contributed by atoms with van der Waals surface area (Å²) in [5, 5.41) is 1.45. The maximum Gasteiger partial charge on any atom is 0.218 e. The third-order valence-electron chi connectivity index (χ3n) is 3.64. The molecule has 0 saturated heterocycles. The first-order chi connectivity index (χ1) is 11.9. The zero-order valence-electron chi connectivity index (χ0n) is 13.0. The van der Waals surface area contributed by atoms with Gasteiger partial charge in [-0.15, -0.1) is 0 Å². The van der Waals surface area contributed by atoms with Crippen molar-refractivity contribution in [2.75, 3.05) is 7.11 Å². The summed E-state index contributed by atoms with van der Waals surface area (Å²) < 4.78 is 5.23. The molecule has 0 saturated carbocycles. The number of benzene rings is 1. The van der Waals surface area contributed by atoms with Crippen molar-refractivity contribution in [3.8, 4) is 28.3 Å². The molecule has 0 aliphatic heterocycles. The fraction of sp³-hybridized carbons (Fsp3) is 0.0556. The fourth-order valence-corrected chi connectivity index (χ4v) is 3.27. The van der Waals surface area contributed by atoms with Gasteiger partial charge in [-0.2, -0.15) is 0 Å². The molecule has 0 aliphatic rings. The minimum absolute atomic E-state index is 0.213. The zero-order valence-corrected chi connectivity index (χ0v) is 16.0. The lowest BCUT2D eigenvalue weighted by atomic mass is 10.0. The Kier molecular flexibility index (Phi) is 5.40. The first kappa shape index (κ1) is 18.3. The molecule has 0 unspecified atom stereocenters. The van der Waals surface area contributed by atoms with Gasteiger partial charge in [0.1, 0.15) is 5.15 Å². The molecule has 3 aromatic rings. The summed E-state index contributed by atoms with van der Waals surface area (Å²) in [6.45, 7) is 3.84. The van der Waals surface area contributed by atoms with Crippen LogP contribution in [0.1, 0.15) is 5.56 Å². The molecule has 3 rings (SSSR count). The number of hydrogen-bond donors (Lipinski definition) is 0. The summed E-state index contributed by atoms with van der Waals surface area (Å²) in [5.74, 6) is 0.342. The lowest BCUT2D eigenvalue weighted by molar-refractivity contribution is 0.396. The summed E-state index contributed by atoms with van der Waals surface area (Å²) >= 11 is 25.1. The molecular weight excluding hydrogens is 402 g/mol. The summed E-state index contributed by atoms with van der Waals surface area (Å²) in [4.78, 5) is 8.39. The van der Waals surface area contributed by atoms with E-state index in [0.29, 0.717) is 48.9 Å². The van der Waals surface area contributed by atoms with Gasteiger partial charge in [-0.3, -0.25) is 0 Å². The number of rotatable bonds is 3. The van der Waals surface area contributed by atoms with Crippen molar-refractivity contribution in [1.29, 1.82) is 0 Å². The van der Waals surface area contributed by atoms with Crippen molar-refractivity contribution < 1.29 is 4.74 Å². The highest BCUT2D eigenvalue weighted by molar-refractivity contribution is 6.44. The largest absolute Gasteiger partial charge is 0.481 e. The predicted octanol–water partition coefficient (Wildman–Crippen LogP) is 6.61. The van der Waals surface area contributed by atoms with Crippen LogP contribution in [0, 0.1) is 6.92 Å². The molecule has 3 nitrogen and oxygen atoms in total. The van der Waals surface area contributed by atoms with Crippen LogP contribution >= 0.6 is 46.4 Å². The van der Waals surface area contributed by atoms with Crippen molar-refractivity contribution in [3.05, 3.63) is 69.2 Å². The number of nitrogens with zero attached hydrogens (tertiary/aromatic N) is 2. The van der Waals surface area contributed by atoms with E-state index >= 15 is 0 Å². The van der Waals surface area contributed by atoms with Gasteiger partial charge in [0, 0.05) is 28.5 Å². The number of pyridine rings is 2. The third kappa shape index (κ3) is 3.42. The smallest absolute Gasteiger partial charge is 0.218 e. The Labute approximate surface area is 165 Å². The fourth-order valence-electron chi connectivity index (χ4n) is 2.39. The maximum atomic E-state index is 6.63.